The Balaban J connectivity index is 2.36. The van der Waals surface area contributed by atoms with Crippen molar-refractivity contribution in [3.8, 4) is 0 Å². The number of benzene rings is 1. The Labute approximate surface area is 127 Å². The van der Waals surface area contributed by atoms with Gasteiger partial charge in [-0.1, -0.05) is 15.9 Å². The van der Waals surface area contributed by atoms with Gasteiger partial charge in [0.2, 0.25) is 0 Å². The smallest absolute Gasteiger partial charge is 0.279 e. The highest BCUT2D eigenvalue weighted by Gasteiger charge is 2.29. The van der Waals surface area contributed by atoms with E-state index in [0.29, 0.717) is 17.1 Å². The molecule has 6 heteroatoms. The van der Waals surface area contributed by atoms with Gasteiger partial charge in [0, 0.05) is 15.9 Å². The van der Waals surface area contributed by atoms with Crippen LogP contribution in [0, 0.1) is 11.8 Å². The molecule has 1 aliphatic rings. The van der Waals surface area contributed by atoms with Crippen LogP contribution in [0.1, 0.15) is 24.4 Å². The van der Waals surface area contributed by atoms with E-state index < -0.39 is 0 Å². The van der Waals surface area contributed by atoms with Crippen LogP contribution in [0.25, 0.3) is 22.0 Å². The Morgan fingerprint density at radius 3 is 2.90 bits per heavy atom. The van der Waals surface area contributed by atoms with Crippen molar-refractivity contribution in [2.24, 2.45) is 0 Å². The number of oxazole rings is 1. The molecule has 4 nitrogen and oxygen atoms in total. The van der Waals surface area contributed by atoms with E-state index in [4.69, 9.17) is 16.6 Å². The highest BCUT2D eigenvalue weighted by molar-refractivity contribution is 9.10. The Morgan fingerprint density at radius 2 is 2.20 bits per heavy atom. The van der Waals surface area contributed by atoms with Gasteiger partial charge >= 0.3 is 0 Å². The number of aryl methyl sites for hydroxylation is 1. The van der Waals surface area contributed by atoms with Gasteiger partial charge in [0.05, 0.1) is 5.52 Å². The summed E-state index contributed by atoms with van der Waals surface area (Å²) in [4.78, 5) is 15.8. The monoisotopic (exact) mass is 350 g/mol. The molecule has 0 aliphatic heterocycles. The summed E-state index contributed by atoms with van der Waals surface area (Å²) in [6.45, 7) is 2.01. The molecule has 3 aromatic rings. The van der Waals surface area contributed by atoms with Crippen LogP contribution in [0.3, 0.4) is 0 Å². The maximum absolute atomic E-state index is 12.7. The van der Waals surface area contributed by atoms with Crippen LogP contribution in [0.2, 0.25) is 0 Å². The quantitative estimate of drug-likeness (QED) is 0.668. The zero-order valence-corrected chi connectivity index (χ0v) is 13.1. The first-order chi connectivity index (χ1) is 9.58. The Kier molecular flexibility index (Phi) is 2.50. The molecule has 1 fully saturated rings. The first-order valence-corrected chi connectivity index (χ1v) is 7.64. The molecule has 0 atom stereocenters. The molecule has 0 spiro atoms. The standard InChI is InChI=1S/C14H11BrN2O2S/c1-6-9(15)5-4-8-11(6)17(7-2-3-7)13(18)10-12(8)19-14(20)16-10/h4-5,7H,2-3H2,1H3,(H,16,20). The fourth-order valence-corrected chi connectivity index (χ4v) is 3.25. The third-order valence-corrected chi connectivity index (χ3v) is 4.89. The molecule has 2 aromatic heterocycles. The van der Waals surface area contributed by atoms with Crippen molar-refractivity contribution in [2.75, 3.05) is 0 Å². The summed E-state index contributed by atoms with van der Waals surface area (Å²) in [6, 6.07) is 4.24. The Hall–Kier alpha value is -1.40. The van der Waals surface area contributed by atoms with Crippen LogP contribution in [-0.2, 0) is 0 Å². The van der Waals surface area contributed by atoms with Crippen molar-refractivity contribution >= 4 is 50.2 Å². The van der Waals surface area contributed by atoms with Crippen molar-refractivity contribution in [3.05, 3.63) is 37.4 Å². The van der Waals surface area contributed by atoms with Crippen molar-refractivity contribution < 1.29 is 4.42 Å². The maximum Gasteiger partial charge on any atom is 0.279 e. The second-order valence-electron chi connectivity index (χ2n) is 5.19. The largest absolute Gasteiger partial charge is 0.428 e. The average molecular weight is 351 g/mol. The minimum absolute atomic E-state index is 0.0453. The fraction of sp³-hybridized carbons (Fsp3) is 0.286. The molecule has 2 heterocycles. The molecule has 0 saturated heterocycles. The lowest BCUT2D eigenvalue weighted by Gasteiger charge is -2.13. The number of nitrogens with one attached hydrogen (secondary N) is 1. The zero-order chi connectivity index (χ0) is 14.0. The molecule has 1 saturated carbocycles. The molecule has 0 unspecified atom stereocenters. The van der Waals surface area contributed by atoms with E-state index >= 15 is 0 Å². The Morgan fingerprint density at radius 1 is 1.45 bits per heavy atom. The molecular formula is C14H11BrN2O2S. The molecule has 4 rings (SSSR count). The van der Waals surface area contributed by atoms with Gasteiger partial charge in [-0.15, -0.1) is 0 Å². The number of H-pyrrole nitrogens is 1. The SMILES string of the molecule is Cc1c(Br)ccc2c3oc(=S)[nH]c3c(=O)n(C3CC3)c12. The normalized spacial score (nSPS) is 15.3. The average Bonchev–Trinajstić information content (AvgIpc) is 3.16. The highest BCUT2D eigenvalue weighted by Crippen LogP contribution is 2.39. The van der Waals surface area contributed by atoms with Gasteiger partial charge in [0.1, 0.15) is 0 Å². The third kappa shape index (κ3) is 1.58. The maximum atomic E-state index is 12.7. The number of hydrogen-bond donors (Lipinski definition) is 1. The lowest BCUT2D eigenvalue weighted by molar-refractivity contribution is 0.586. The van der Waals surface area contributed by atoms with E-state index in [1.807, 2.05) is 23.6 Å². The number of aromatic nitrogens is 2. The van der Waals surface area contributed by atoms with Crippen LogP contribution in [0.5, 0.6) is 0 Å². The number of nitrogens with zero attached hydrogens (tertiary/aromatic N) is 1. The second kappa shape index (κ2) is 4.05. The number of aromatic amines is 1. The molecule has 0 amide bonds. The number of fused-ring (bicyclic) bond motifs is 3. The third-order valence-electron chi connectivity index (χ3n) is 3.84. The van der Waals surface area contributed by atoms with E-state index in [1.165, 1.54) is 0 Å². The van der Waals surface area contributed by atoms with Gasteiger partial charge in [-0.3, -0.25) is 4.79 Å². The minimum atomic E-state index is -0.0453. The van der Waals surface area contributed by atoms with E-state index in [0.717, 1.165) is 33.8 Å². The summed E-state index contributed by atoms with van der Waals surface area (Å²) in [5.74, 6) is 0. The zero-order valence-electron chi connectivity index (χ0n) is 10.7. The van der Waals surface area contributed by atoms with Crippen LogP contribution in [0.15, 0.2) is 25.8 Å². The topological polar surface area (TPSA) is 50.9 Å². The van der Waals surface area contributed by atoms with Gasteiger partial charge in [0.15, 0.2) is 11.1 Å². The lowest BCUT2D eigenvalue weighted by atomic mass is 10.1. The highest BCUT2D eigenvalue weighted by atomic mass is 79.9. The van der Waals surface area contributed by atoms with E-state index in [9.17, 15) is 4.79 Å². The fourth-order valence-electron chi connectivity index (χ4n) is 2.74. The van der Waals surface area contributed by atoms with Gasteiger partial charge in [-0.25, -0.2) is 0 Å². The Bertz CT molecular complexity index is 979. The minimum Gasteiger partial charge on any atom is -0.428 e. The van der Waals surface area contributed by atoms with Crippen LogP contribution >= 0.6 is 28.1 Å². The molecule has 20 heavy (non-hydrogen) atoms. The van der Waals surface area contributed by atoms with Crippen LogP contribution in [-0.4, -0.2) is 9.55 Å². The summed E-state index contributed by atoms with van der Waals surface area (Å²) in [5.41, 5.74) is 2.97. The first-order valence-electron chi connectivity index (χ1n) is 6.44. The van der Waals surface area contributed by atoms with Gasteiger partial charge in [0.25, 0.3) is 10.4 Å². The molecular weight excluding hydrogens is 340 g/mol. The molecule has 0 radical (unpaired) electrons. The predicted molar refractivity (Wildman–Crippen MR) is 83.9 cm³/mol. The summed E-state index contributed by atoms with van der Waals surface area (Å²) in [6.07, 6.45) is 2.09. The van der Waals surface area contributed by atoms with E-state index in [1.54, 1.807) is 0 Å². The molecule has 1 aliphatic carbocycles. The van der Waals surface area contributed by atoms with Gasteiger partial charge < -0.3 is 14.0 Å². The van der Waals surface area contributed by atoms with Crippen molar-refractivity contribution in [1.29, 1.82) is 0 Å². The van der Waals surface area contributed by atoms with Crippen LogP contribution in [0.4, 0.5) is 0 Å². The number of rotatable bonds is 1. The van der Waals surface area contributed by atoms with Crippen molar-refractivity contribution in [1.82, 2.24) is 9.55 Å². The number of hydrogen-bond acceptors (Lipinski definition) is 3. The summed E-state index contributed by atoms with van der Waals surface area (Å²) in [5, 5.41) is 0.930. The number of halogens is 1. The lowest BCUT2D eigenvalue weighted by Crippen LogP contribution is -2.20. The van der Waals surface area contributed by atoms with Gasteiger partial charge in [-0.2, -0.15) is 0 Å². The van der Waals surface area contributed by atoms with Crippen molar-refractivity contribution in [3.63, 3.8) is 0 Å². The summed E-state index contributed by atoms with van der Waals surface area (Å²) in [7, 11) is 0. The van der Waals surface area contributed by atoms with Gasteiger partial charge in [-0.05, 0) is 49.7 Å². The van der Waals surface area contributed by atoms with Crippen molar-refractivity contribution in [2.45, 2.75) is 25.8 Å². The van der Waals surface area contributed by atoms with E-state index in [2.05, 4.69) is 20.9 Å². The molecule has 102 valence electrons. The second-order valence-corrected chi connectivity index (χ2v) is 6.42. The molecule has 1 aromatic carbocycles. The summed E-state index contributed by atoms with van der Waals surface area (Å²) >= 11 is 8.58. The predicted octanol–water partition coefficient (Wildman–Crippen LogP) is 4.21. The number of pyridine rings is 1. The van der Waals surface area contributed by atoms with Crippen LogP contribution < -0.4 is 5.56 Å². The van der Waals surface area contributed by atoms with E-state index in [-0.39, 0.29) is 10.4 Å². The molecule has 0 bridgehead atoms. The summed E-state index contributed by atoms with van der Waals surface area (Å²) < 4.78 is 8.42. The first kappa shape index (κ1) is 12.3. The molecule has 1 N–H and O–H groups in total.